The molecule has 2 aliphatic heterocycles. The molecule has 27 heavy (non-hydrogen) atoms. The van der Waals surface area contributed by atoms with Crippen LogP contribution in [0.3, 0.4) is 0 Å². The summed E-state index contributed by atoms with van der Waals surface area (Å²) in [6, 6.07) is 5.65. The van der Waals surface area contributed by atoms with E-state index in [-0.39, 0.29) is 23.9 Å². The summed E-state index contributed by atoms with van der Waals surface area (Å²) in [6.45, 7) is 1.66. The molecule has 2 aliphatic rings. The molecule has 1 spiro atoms. The molecule has 2 fully saturated rings. The molecule has 0 saturated carbocycles. The topological polar surface area (TPSA) is 117 Å². The number of sulfonamides is 1. The third kappa shape index (κ3) is 4.07. The second kappa shape index (κ2) is 7.83. The second-order valence-corrected chi connectivity index (χ2v) is 8.41. The zero-order chi connectivity index (χ0) is 19.5. The molecule has 0 aromatic heterocycles. The van der Waals surface area contributed by atoms with Crippen molar-refractivity contribution < 1.29 is 22.7 Å². The molecule has 0 aliphatic carbocycles. The van der Waals surface area contributed by atoms with E-state index in [9.17, 15) is 18.0 Å². The average Bonchev–Trinajstić information content (AvgIpc) is 2.89. The molecular weight excluding hydrogens is 372 g/mol. The van der Waals surface area contributed by atoms with E-state index in [1.807, 2.05) is 0 Å². The minimum absolute atomic E-state index is 0.125. The van der Waals surface area contributed by atoms with E-state index >= 15 is 0 Å². The molecular formula is C17H24N4O5S. The number of amides is 3. The van der Waals surface area contributed by atoms with Crippen LogP contribution < -0.4 is 20.1 Å². The van der Waals surface area contributed by atoms with Crippen molar-refractivity contribution in [1.29, 1.82) is 0 Å². The van der Waals surface area contributed by atoms with E-state index in [0.717, 1.165) is 0 Å². The molecule has 0 bridgehead atoms. The maximum atomic E-state index is 12.6. The lowest BCUT2D eigenvalue weighted by atomic mass is 9.88. The number of rotatable bonds is 7. The van der Waals surface area contributed by atoms with Crippen LogP contribution in [0.4, 0.5) is 4.79 Å². The number of carbonyl (C=O) groups excluding carboxylic acids is 2. The van der Waals surface area contributed by atoms with Gasteiger partial charge in [-0.2, -0.15) is 0 Å². The Morgan fingerprint density at radius 3 is 2.48 bits per heavy atom. The van der Waals surface area contributed by atoms with Crippen LogP contribution in [-0.2, 0) is 14.8 Å². The molecule has 2 heterocycles. The van der Waals surface area contributed by atoms with Crippen LogP contribution in [0.1, 0.15) is 19.3 Å². The van der Waals surface area contributed by atoms with Gasteiger partial charge in [-0.25, -0.2) is 17.9 Å². The quantitative estimate of drug-likeness (QED) is 0.443. The highest BCUT2D eigenvalue weighted by atomic mass is 32.2. The van der Waals surface area contributed by atoms with Gasteiger partial charge in [0.25, 0.3) is 5.91 Å². The summed E-state index contributed by atoms with van der Waals surface area (Å²) in [7, 11) is -2.15. The van der Waals surface area contributed by atoms with Crippen LogP contribution in [0.5, 0.6) is 5.75 Å². The fourth-order valence-corrected chi connectivity index (χ4v) is 4.43. The van der Waals surface area contributed by atoms with Gasteiger partial charge >= 0.3 is 6.03 Å². The Morgan fingerprint density at radius 1 is 1.19 bits per heavy atom. The summed E-state index contributed by atoms with van der Waals surface area (Å²) >= 11 is 0. The molecule has 0 atom stereocenters. The molecule has 3 amide bonds. The first-order valence-electron chi connectivity index (χ1n) is 8.86. The van der Waals surface area contributed by atoms with Crippen molar-refractivity contribution in [2.45, 2.75) is 29.7 Å². The monoisotopic (exact) mass is 396 g/mol. The third-order valence-electron chi connectivity index (χ3n) is 4.92. The molecule has 1 aromatic rings. The molecule has 3 N–H and O–H groups in total. The van der Waals surface area contributed by atoms with E-state index in [0.29, 0.717) is 38.1 Å². The number of hydrogen-bond donors (Lipinski definition) is 3. The first-order valence-corrected chi connectivity index (χ1v) is 10.3. The molecule has 148 valence electrons. The molecule has 9 nitrogen and oxygen atoms in total. The summed E-state index contributed by atoms with van der Waals surface area (Å²) < 4.78 is 32.1. The lowest BCUT2D eigenvalue weighted by molar-refractivity contribution is -0.132. The number of piperidine rings is 1. The first kappa shape index (κ1) is 19.6. The van der Waals surface area contributed by atoms with Crippen LogP contribution >= 0.6 is 0 Å². The number of imide groups is 1. The predicted octanol–water partition coefficient (Wildman–Crippen LogP) is 0.0376. The number of methoxy groups -OCH3 is 1. The van der Waals surface area contributed by atoms with Gasteiger partial charge in [-0.15, -0.1) is 0 Å². The Morgan fingerprint density at radius 2 is 1.85 bits per heavy atom. The number of benzene rings is 1. The lowest BCUT2D eigenvalue weighted by Crippen LogP contribution is -2.53. The SMILES string of the molecule is COc1ccc(S(=O)(=O)NCCCN2C(=O)NC3(CCNCC3)C2=O)cc1. The van der Waals surface area contributed by atoms with Gasteiger partial charge in [0.1, 0.15) is 11.3 Å². The van der Waals surface area contributed by atoms with Crippen LogP contribution in [0.15, 0.2) is 29.2 Å². The van der Waals surface area contributed by atoms with E-state index in [1.54, 1.807) is 12.1 Å². The van der Waals surface area contributed by atoms with Crippen molar-refractivity contribution in [2.24, 2.45) is 0 Å². The van der Waals surface area contributed by atoms with E-state index in [2.05, 4.69) is 15.4 Å². The highest BCUT2D eigenvalue weighted by molar-refractivity contribution is 7.89. The summed E-state index contributed by atoms with van der Waals surface area (Å²) in [6.07, 6.45) is 1.47. The maximum Gasteiger partial charge on any atom is 0.325 e. The summed E-state index contributed by atoms with van der Waals surface area (Å²) in [5, 5.41) is 5.98. The lowest BCUT2D eigenvalue weighted by Gasteiger charge is -2.31. The van der Waals surface area contributed by atoms with Crippen LogP contribution in [0.2, 0.25) is 0 Å². The number of nitrogens with one attached hydrogen (secondary N) is 3. The fraction of sp³-hybridized carbons (Fsp3) is 0.529. The smallest absolute Gasteiger partial charge is 0.325 e. The summed E-state index contributed by atoms with van der Waals surface area (Å²) in [5.74, 6) is 0.353. The van der Waals surface area contributed by atoms with Gasteiger partial charge in [-0.1, -0.05) is 0 Å². The van der Waals surface area contributed by atoms with Crippen LogP contribution in [-0.4, -0.2) is 64.1 Å². The summed E-state index contributed by atoms with van der Waals surface area (Å²) in [5.41, 5.74) is -0.801. The van der Waals surface area contributed by atoms with Gasteiger partial charge in [0.15, 0.2) is 0 Å². The standard InChI is InChI=1S/C17H24N4O5S/c1-26-13-3-5-14(6-4-13)27(24,25)19-9-2-12-21-15(22)17(20-16(21)23)7-10-18-11-8-17/h3-6,18-19H,2,7-12H2,1H3,(H,20,23). The van der Waals surface area contributed by atoms with Gasteiger partial charge in [0.2, 0.25) is 10.0 Å². The Kier molecular flexibility index (Phi) is 5.68. The minimum atomic E-state index is -3.65. The Balaban J connectivity index is 1.52. The van der Waals surface area contributed by atoms with E-state index in [4.69, 9.17) is 4.74 Å². The van der Waals surface area contributed by atoms with Crippen molar-refractivity contribution in [3.63, 3.8) is 0 Å². The Bertz CT molecular complexity index is 803. The molecule has 0 unspecified atom stereocenters. The van der Waals surface area contributed by atoms with Crippen molar-refractivity contribution >= 4 is 22.0 Å². The number of carbonyl (C=O) groups is 2. The van der Waals surface area contributed by atoms with Crippen LogP contribution in [0.25, 0.3) is 0 Å². The van der Waals surface area contributed by atoms with E-state index < -0.39 is 21.6 Å². The highest BCUT2D eigenvalue weighted by Crippen LogP contribution is 2.26. The minimum Gasteiger partial charge on any atom is -0.497 e. The largest absolute Gasteiger partial charge is 0.497 e. The fourth-order valence-electron chi connectivity index (χ4n) is 3.35. The van der Waals surface area contributed by atoms with Crippen LogP contribution in [0, 0.1) is 0 Å². The third-order valence-corrected chi connectivity index (χ3v) is 6.40. The van der Waals surface area contributed by atoms with Crippen molar-refractivity contribution in [3.05, 3.63) is 24.3 Å². The zero-order valence-corrected chi connectivity index (χ0v) is 16.0. The normalized spacial score (nSPS) is 19.4. The predicted molar refractivity (Wildman–Crippen MR) is 97.9 cm³/mol. The number of nitrogens with zero attached hydrogens (tertiary/aromatic N) is 1. The molecule has 10 heteroatoms. The zero-order valence-electron chi connectivity index (χ0n) is 15.2. The number of urea groups is 1. The first-order chi connectivity index (χ1) is 12.9. The van der Waals surface area contributed by atoms with Gasteiger partial charge in [-0.05, 0) is 56.6 Å². The van der Waals surface area contributed by atoms with Crippen molar-refractivity contribution in [3.8, 4) is 5.75 Å². The van der Waals surface area contributed by atoms with Gasteiger partial charge < -0.3 is 15.4 Å². The second-order valence-electron chi connectivity index (χ2n) is 6.65. The molecule has 2 saturated heterocycles. The summed E-state index contributed by atoms with van der Waals surface area (Å²) in [4.78, 5) is 26.1. The maximum absolute atomic E-state index is 12.6. The van der Waals surface area contributed by atoms with Crippen molar-refractivity contribution in [2.75, 3.05) is 33.3 Å². The van der Waals surface area contributed by atoms with E-state index in [1.165, 1.54) is 24.1 Å². The number of hydrogen-bond acceptors (Lipinski definition) is 6. The highest BCUT2D eigenvalue weighted by Gasteiger charge is 2.50. The molecule has 0 radical (unpaired) electrons. The Hall–Kier alpha value is -2.17. The number of ether oxygens (including phenoxy) is 1. The van der Waals surface area contributed by atoms with Crippen molar-refractivity contribution in [1.82, 2.24) is 20.3 Å². The average molecular weight is 396 g/mol. The van der Waals surface area contributed by atoms with Gasteiger partial charge in [0, 0.05) is 13.1 Å². The van der Waals surface area contributed by atoms with Gasteiger partial charge in [0.05, 0.1) is 12.0 Å². The molecule has 3 rings (SSSR count). The Labute approximate surface area is 158 Å². The van der Waals surface area contributed by atoms with Gasteiger partial charge in [-0.3, -0.25) is 9.69 Å². The molecule has 1 aromatic carbocycles.